The summed E-state index contributed by atoms with van der Waals surface area (Å²) in [5.41, 5.74) is 3.90. The van der Waals surface area contributed by atoms with E-state index in [0.717, 1.165) is 42.6 Å². The fourth-order valence-corrected chi connectivity index (χ4v) is 9.19. The van der Waals surface area contributed by atoms with Gasteiger partial charge in [-0.15, -0.1) is 0 Å². The third-order valence-electron chi connectivity index (χ3n) is 10.7. The van der Waals surface area contributed by atoms with Crippen LogP contribution in [0.15, 0.2) is 18.2 Å². The molecule has 0 unspecified atom stereocenters. The van der Waals surface area contributed by atoms with E-state index >= 15 is 0 Å². The maximum Gasteiger partial charge on any atom is 0.119 e. The number of likely N-dealkylation sites (tertiary alicyclic amines) is 2. The van der Waals surface area contributed by atoms with Crippen molar-refractivity contribution in [1.82, 2.24) is 9.80 Å². The number of hydrogen-bond acceptors (Lipinski definition) is 3. The minimum Gasteiger partial charge on any atom is -0.494 e. The summed E-state index contributed by atoms with van der Waals surface area (Å²) >= 11 is 0. The van der Waals surface area contributed by atoms with E-state index < -0.39 is 0 Å². The number of benzene rings is 1. The van der Waals surface area contributed by atoms with E-state index in [1.54, 1.807) is 11.1 Å². The van der Waals surface area contributed by atoms with E-state index in [4.69, 9.17) is 4.74 Å². The molecule has 2 saturated carbocycles. The Labute approximate surface area is 202 Å². The van der Waals surface area contributed by atoms with Gasteiger partial charge in [0.15, 0.2) is 0 Å². The molecule has 3 heteroatoms. The van der Waals surface area contributed by atoms with Gasteiger partial charge in [0.25, 0.3) is 0 Å². The van der Waals surface area contributed by atoms with Crippen LogP contribution in [0.25, 0.3) is 0 Å². The van der Waals surface area contributed by atoms with Gasteiger partial charge in [0.1, 0.15) is 5.75 Å². The molecular weight excluding hydrogens is 404 g/mol. The van der Waals surface area contributed by atoms with Crippen molar-refractivity contribution in [2.45, 2.75) is 95.9 Å². The summed E-state index contributed by atoms with van der Waals surface area (Å²) in [6.07, 6.45) is 16.7. The van der Waals surface area contributed by atoms with Crippen molar-refractivity contribution < 1.29 is 4.74 Å². The first kappa shape index (κ1) is 22.4. The molecule has 0 N–H and O–H groups in total. The molecule has 5 aliphatic rings. The monoisotopic (exact) mass is 450 g/mol. The van der Waals surface area contributed by atoms with Crippen LogP contribution < -0.4 is 4.74 Å². The minimum atomic E-state index is 0.613. The molecule has 5 atom stereocenters. The van der Waals surface area contributed by atoms with Crippen molar-refractivity contribution in [2.75, 3.05) is 39.3 Å². The largest absolute Gasteiger partial charge is 0.494 e. The zero-order chi connectivity index (χ0) is 22.3. The van der Waals surface area contributed by atoms with Crippen LogP contribution in [0.5, 0.6) is 5.75 Å². The highest BCUT2D eigenvalue weighted by molar-refractivity contribution is 5.41. The van der Waals surface area contributed by atoms with E-state index in [9.17, 15) is 0 Å². The Balaban J connectivity index is 1.12. The Morgan fingerprint density at radius 3 is 2.61 bits per heavy atom. The lowest BCUT2D eigenvalue weighted by Gasteiger charge is -2.53. The lowest BCUT2D eigenvalue weighted by molar-refractivity contribution is -0.0112. The summed E-state index contributed by atoms with van der Waals surface area (Å²) in [6, 6.07) is 8.05. The highest BCUT2D eigenvalue weighted by atomic mass is 16.5. The van der Waals surface area contributed by atoms with Gasteiger partial charge in [-0.3, -0.25) is 4.90 Å². The summed E-state index contributed by atoms with van der Waals surface area (Å²) in [5.74, 6) is 3.80. The Bertz CT molecular complexity index is 812. The Morgan fingerprint density at radius 2 is 1.79 bits per heavy atom. The van der Waals surface area contributed by atoms with Crippen LogP contribution in [0.4, 0.5) is 0 Å². The molecule has 2 heterocycles. The predicted octanol–water partition coefficient (Wildman–Crippen LogP) is 6.26. The molecule has 0 radical (unpaired) electrons. The number of fused-ring (bicyclic) bond motifs is 5. The normalized spacial score (nSPS) is 36.5. The van der Waals surface area contributed by atoms with E-state index in [2.05, 4.69) is 34.9 Å². The molecule has 33 heavy (non-hydrogen) atoms. The molecule has 0 amide bonds. The van der Waals surface area contributed by atoms with Crippen molar-refractivity contribution >= 4 is 0 Å². The molecule has 1 aromatic rings. The molecule has 4 fully saturated rings. The summed E-state index contributed by atoms with van der Waals surface area (Å²) in [4.78, 5) is 5.50. The number of aryl methyl sites for hydroxylation is 1. The third kappa shape index (κ3) is 4.05. The molecule has 1 aromatic carbocycles. The van der Waals surface area contributed by atoms with Crippen LogP contribution in [0.2, 0.25) is 0 Å². The van der Waals surface area contributed by atoms with Gasteiger partial charge < -0.3 is 9.64 Å². The number of nitrogens with zero attached hydrogens (tertiary/aromatic N) is 2. The highest BCUT2D eigenvalue weighted by Crippen LogP contribution is 2.63. The van der Waals surface area contributed by atoms with Crippen LogP contribution in [0.1, 0.15) is 94.6 Å². The van der Waals surface area contributed by atoms with E-state index in [0.29, 0.717) is 5.41 Å². The van der Waals surface area contributed by atoms with Crippen LogP contribution in [-0.2, 0) is 6.42 Å². The summed E-state index contributed by atoms with van der Waals surface area (Å²) < 4.78 is 6.21. The second-order valence-electron chi connectivity index (χ2n) is 12.0. The van der Waals surface area contributed by atoms with Gasteiger partial charge >= 0.3 is 0 Å². The molecule has 0 bridgehead atoms. The Hall–Kier alpha value is -1.06. The molecule has 3 aliphatic carbocycles. The van der Waals surface area contributed by atoms with Crippen LogP contribution >= 0.6 is 0 Å². The summed E-state index contributed by atoms with van der Waals surface area (Å²) in [7, 11) is 0. The van der Waals surface area contributed by atoms with E-state index in [1.165, 1.54) is 103 Å². The van der Waals surface area contributed by atoms with E-state index in [1.807, 2.05) is 0 Å². The van der Waals surface area contributed by atoms with Crippen LogP contribution in [0, 0.1) is 17.3 Å². The second-order valence-corrected chi connectivity index (χ2v) is 12.0. The van der Waals surface area contributed by atoms with Gasteiger partial charge in [0, 0.05) is 12.6 Å². The van der Waals surface area contributed by atoms with Gasteiger partial charge in [-0.2, -0.15) is 0 Å². The fraction of sp³-hybridized carbons (Fsp3) is 0.800. The first-order valence-corrected chi connectivity index (χ1v) is 14.5. The fourth-order valence-electron chi connectivity index (χ4n) is 9.19. The van der Waals surface area contributed by atoms with Crippen LogP contribution in [0.3, 0.4) is 0 Å². The SMILES string of the molecule is CC[C@]12CC[C@@H]3c4ccc(OCCCN5CCCC5)cc4CC[C@H]3[C@@H]1CC[C@@H]2N1CCCC1. The molecular formula is C30H46N2O. The average Bonchev–Trinajstić information content (AvgIpc) is 3.62. The Morgan fingerprint density at radius 1 is 0.970 bits per heavy atom. The second kappa shape index (κ2) is 9.53. The molecule has 2 saturated heterocycles. The summed E-state index contributed by atoms with van der Waals surface area (Å²) in [5, 5.41) is 0. The standard InChI is InChI=1S/C30H46N2O/c1-2-30-15-14-26-25-11-9-24(33-21-7-18-31-16-3-4-17-31)22-23(25)8-10-27(26)28(30)12-13-29(30)32-19-5-6-20-32/h9,11,22,26-29H,2-8,10,12-21H2,1H3/t26-,27-,28+,29+,30+/m1/s1. The quantitative estimate of drug-likeness (QED) is 0.456. The maximum absolute atomic E-state index is 6.21. The van der Waals surface area contributed by atoms with Crippen molar-refractivity contribution in [3.63, 3.8) is 0 Å². The Kier molecular flexibility index (Phi) is 6.47. The molecule has 182 valence electrons. The van der Waals surface area contributed by atoms with E-state index in [-0.39, 0.29) is 0 Å². The predicted molar refractivity (Wildman–Crippen MR) is 136 cm³/mol. The van der Waals surface area contributed by atoms with Crippen molar-refractivity contribution in [1.29, 1.82) is 0 Å². The van der Waals surface area contributed by atoms with Crippen molar-refractivity contribution in [3.05, 3.63) is 29.3 Å². The lowest BCUT2D eigenvalue weighted by Crippen LogP contribution is -2.50. The minimum absolute atomic E-state index is 0.613. The number of ether oxygens (including phenoxy) is 1. The smallest absolute Gasteiger partial charge is 0.119 e. The molecule has 0 spiro atoms. The number of rotatable bonds is 7. The van der Waals surface area contributed by atoms with Gasteiger partial charge in [-0.1, -0.05) is 13.0 Å². The zero-order valence-electron chi connectivity index (χ0n) is 21.1. The molecule has 2 aliphatic heterocycles. The zero-order valence-corrected chi connectivity index (χ0v) is 21.1. The highest BCUT2D eigenvalue weighted by Gasteiger charge is 2.57. The topological polar surface area (TPSA) is 15.7 Å². The third-order valence-corrected chi connectivity index (χ3v) is 10.7. The van der Waals surface area contributed by atoms with Gasteiger partial charge in [-0.05, 0) is 150 Å². The summed E-state index contributed by atoms with van der Waals surface area (Å²) in [6.45, 7) is 9.91. The van der Waals surface area contributed by atoms with Crippen molar-refractivity contribution in [2.24, 2.45) is 17.3 Å². The van der Waals surface area contributed by atoms with Gasteiger partial charge in [-0.25, -0.2) is 0 Å². The first-order chi connectivity index (χ1) is 16.3. The van der Waals surface area contributed by atoms with Crippen molar-refractivity contribution in [3.8, 4) is 5.75 Å². The lowest BCUT2D eigenvalue weighted by atomic mass is 9.53. The molecule has 6 rings (SSSR count). The maximum atomic E-state index is 6.21. The van der Waals surface area contributed by atoms with Gasteiger partial charge in [0.05, 0.1) is 6.61 Å². The molecule has 3 nitrogen and oxygen atoms in total. The van der Waals surface area contributed by atoms with Crippen LogP contribution in [-0.4, -0.2) is 55.2 Å². The van der Waals surface area contributed by atoms with Gasteiger partial charge in [0.2, 0.25) is 0 Å². The average molecular weight is 451 g/mol. The first-order valence-electron chi connectivity index (χ1n) is 14.5. The molecule has 0 aromatic heterocycles. The number of hydrogen-bond donors (Lipinski definition) is 0.